The lowest BCUT2D eigenvalue weighted by molar-refractivity contribution is -0.274. The standard InChI is InChI=1S/C8H5F3O2.C6H6S/c9-8(10,11)13-7-3-1-6(5-12)2-4-7;7-6-4-2-1-3-5-6/h1-5H;1-5,7H. The highest BCUT2D eigenvalue weighted by Crippen LogP contribution is 2.22. The Morgan fingerprint density at radius 1 is 0.950 bits per heavy atom. The second kappa shape index (κ2) is 7.59. The number of thiol groups is 1. The molecule has 106 valence electrons. The van der Waals surface area contributed by atoms with Gasteiger partial charge >= 0.3 is 6.36 Å². The fourth-order valence-electron chi connectivity index (χ4n) is 1.18. The topological polar surface area (TPSA) is 26.3 Å². The van der Waals surface area contributed by atoms with E-state index in [4.69, 9.17) is 0 Å². The van der Waals surface area contributed by atoms with Crippen LogP contribution in [0.3, 0.4) is 0 Å². The maximum atomic E-state index is 11.6. The van der Waals surface area contributed by atoms with Crippen molar-refractivity contribution in [3.8, 4) is 5.75 Å². The van der Waals surface area contributed by atoms with Crippen molar-refractivity contribution in [1.82, 2.24) is 0 Å². The molecule has 0 bridgehead atoms. The van der Waals surface area contributed by atoms with E-state index in [-0.39, 0.29) is 5.75 Å². The fraction of sp³-hybridized carbons (Fsp3) is 0.0714. The molecule has 2 nitrogen and oxygen atoms in total. The quantitative estimate of drug-likeness (QED) is 0.658. The summed E-state index contributed by atoms with van der Waals surface area (Å²) in [5.74, 6) is -0.335. The van der Waals surface area contributed by atoms with Gasteiger partial charge in [-0.1, -0.05) is 18.2 Å². The van der Waals surface area contributed by atoms with Gasteiger partial charge in [0, 0.05) is 10.5 Å². The smallest absolute Gasteiger partial charge is 0.406 e. The van der Waals surface area contributed by atoms with Gasteiger partial charge in [0.15, 0.2) is 0 Å². The lowest BCUT2D eigenvalue weighted by atomic mass is 10.2. The van der Waals surface area contributed by atoms with Gasteiger partial charge in [0.25, 0.3) is 0 Å². The van der Waals surface area contributed by atoms with Gasteiger partial charge in [-0.2, -0.15) is 0 Å². The van der Waals surface area contributed by atoms with Crippen LogP contribution in [0.2, 0.25) is 0 Å². The summed E-state index contributed by atoms with van der Waals surface area (Å²) in [4.78, 5) is 11.2. The van der Waals surface area contributed by atoms with Crippen LogP contribution in [0.5, 0.6) is 5.75 Å². The molecule has 0 saturated carbocycles. The Morgan fingerprint density at radius 2 is 1.50 bits per heavy atom. The number of benzene rings is 2. The van der Waals surface area contributed by atoms with E-state index in [0.29, 0.717) is 11.8 Å². The van der Waals surface area contributed by atoms with E-state index in [1.54, 1.807) is 0 Å². The molecule has 0 aliphatic carbocycles. The van der Waals surface area contributed by atoms with Crippen molar-refractivity contribution in [3.63, 3.8) is 0 Å². The van der Waals surface area contributed by atoms with Gasteiger partial charge in [0.1, 0.15) is 12.0 Å². The maximum Gasteiger partial charge on any atom is 0.573 e. The molecule has 0 saturated heterocycles. The third kappa shape index (κ3) is 6.84. The molecule has 2 aromatic carbocycles. The van der Waals surface area contributed by atoms with Crippen LogP contribution < -0.4 is 4.74 Å². The van der Waals surface area contributed by atoms with Gasteiger partial charge in [-0.05, 0) is 36.4 Å². The lowest BCUT2D eigenvalue weighted by Crippen LogP contribution is -2.16. The van der Waals surface area contributed by atoms with Crippen LogP contribution in [0.4, 0.5) is 13.2 Å². The van der Waals surface area contributed by atoms with E-state index in [0.717, 1.165) is 17.0 Å². The minimum absolute atomic E-state index is 0.300. The van der Waals surface area contributed by atoms with Gasteiger partial charge < -0.3 is 4.74 Å². The fourth-order valence-corrected chi connectivity index (χ4v) is 1.35. The van der Waals surface area contributed by atoms with Crippen LogP contribution in [0.15, 0.2) is 59.5 Å². The van der Waals surface area contributed by atoms with Crippen LogP contribution in [0.25, 0.3) is 0 Å². The van der Waals surface area contributed by atoms with Gasteiger partial charge in [0.2, 0.25) is 0 Å². The Balaban J connectivity index is 0.000000240. The molecule has 0 aliphatic heterocycles. The number of hydrogen-bond acceptors (Lipinski definition) is 3. The van der Waals surface area contributed by atoms with Crippen LogP contribution in [0.1, 0.15) is 10.4 Å². The molecule has 0 heterocycles. The monoisotopic (exact) mass is 300 g/mol. The summed E-state index contributed by atoms with van der Waals surface area (Å²) in [5.41, 5.74) is 0.300. The van der Waals surface area contributed by atoms with Crippen molar-refractivity contribution >= 4 is 18.9 Å². The van der Waals surface area contributed by atoms with E-state index in [9.17, 15) is 18.0 Å². The Morgan fingerprint density at radius 3 is 1.85 bits per heavy atom. The molecule has 0 radical (unpaired) electrons. The Labute approximate surface area is 119 Å². The molecule has 0 unspecified atom stereocenters. The first-order valence-electron chi connectivity index (χ1n) is 5.46. The van der Waals surface area contributed by atoms with E-state index >= 15 is 0 Å². The SMILES string of the molecule is O=Cc1ccc(OC(F)(F)F)cc1.Sc1ccccc1. The first-order chi connectivity index (χ1) is 9.40. The number of hydrogen-bond donors (Lipinski definition) is 1. The van der Waals surface area contributed by atoms with E-state index in [2.05, 4.69) is 17.4 Å². The van der Waals surface area contributed by atoms with Crippen molar-refractivity contribution in [2.75, 3.05) is 0 Å². The highest BCUT2D eigenvalue weighted by molar-refractivity contribution is 7.80. The van der Waals surface area contributed by atoms with Gasteiger partial charge in [0.05, 0.1) is 0 Å². The summed E-state index contributed by atoms with van der Waals surface area (Å²) in [6.45, 7) is 0. The van der Waals surface area contributed by atoms with Crippen molar-refractivity contribution < 1.29 is 22.7 Å². The third-order valence-electron chi connectivity index (χ3n) is 2.01. The molecule has 0 amide bonds. The molecular formula is C14H11F3O2S. The minimum atomic E-state index is -4.69. The van der Waals surface area contributed by atoms with Crippen LogP contribution >= 0.6 is 12.6 Å². The number of carbonyl (C=O) groups excluding carboxylic acids is 1. The van der Waals surface area contributed by atoms with Crippen molar-refractivity contribution in [1.29, 1.82) is 0 Å². The zero-order valence-corrected chi connectivity index (χ0v) is 11.1. The normalized spacial score (nSPS) is 10.2. The predicted molar refractivity (Wildman–Crippen MR) is 72.2 cm³/mol. The molecule has 0 spiro atoms. The largest absolute Gasteiger partial charge is 0.573 e. The summed E-state index contributed by atoms with van der Waals surface area (Å²) in [5, 5.41) is 0. The number of ether oxygens (including phenoxy) is 1. The van der Waals surface area contributed by atoms with Crippen molar-refractivity contribution in [3.05, 3.63) is 60.2 Å². The number of rotatable bonds is 2. The highest BCUT2D eigenvalue weighted by atomic mass is 32.1. The summed E-state index contributed by atoms with van der Waals surface area (Å²) < 4.78 is 38.5. The maximum absolute atomic E-state index is 11.6. The van der Waals surface area contributed by atoms with Crippen LogP contribution in [-0.4, -0.2) is 12.6 Å². The average molecular weight is 300 g/mol. The second-order valence-corrected chi connectivity index (χ2v) is 4.09. The van der Waals surface area contributed by atoms with Crippen LogP contribution in [-0.2, 0) is 0 Å². The van der Waals surface area contributed by atoms with Crippen molar-refractivity contribution in [2.45, 2.75) is 11.3 Å². The molecule has 0 atom stereocenters. The third-order valence-corrected chi connectivity index (χ3v) is 2.30. The molecule has 2 aromatic rings. The highest BCUT2D eigenvalue weighted by Gasteiger charge is 2.30. The number of halogens is 3. The van der Waals surface area contributed by atoms with E-state index in [1.165, 1.54) is 12.1 Å². The van der Waals surface area contributed by atoms with Gasteiger partial charge in [-0.15, -0.1) is 25.8 Å². The predicted octanol–water partition coefficient (Wildman–Crippen LogP) is 4.37. The molecular weight excluding hydrogens is 289 g/mol. The Kier molecular flexibility index (Phi) is 6.11. The lowest BCUT2D eigenvalue weighted by Gasteiger charge is -2.07. The van der Waals surface area contributed by atoms with Gasteiger partial charge in [-0.25, -0.2) is 0 Å². The van der Waals surface area contributed by atoms with Crippen molar-refractivity contribution in [2.24, 2.45) is 0 Å². The Bertz CT molecular complexity index is 524. The molecule has 2 rings (SSSR count). The Hall–Kier alpha value is -1.95. The minimum Gasteiger partial charge on any atom is -0.406 e. The molecule has 0 aromatic heterocycles. The zero-order chi connectivity index (χ0) is 15.0. The first kappa shape index (κ1) is 16.1. The molecule has 0 aliphatic rings. The number of aldehydes is 1. The summed E-state index contributed by atoms with van der Waals surface area (Å²) in [6.07, 6.45) is -4.15. The molecule has 0 N–H and O–H groups in total. The molecule has 20 heavy (non-hydrogen) atoms. The molecule has 0 fully saturated rings. The summed E-state index contributed by atoms with van der Waals surface area (Å²) in [6, 6.07) is 14.4. The van der Waals surface area contributed by atoms with E-state index in [1.807, 2.05) is 30.3 Å². The van der Waals surface area contributed by atoms with Gasteiger partial charge in [-0.3, -0.25) is 4.79 Å². The first-order valence-corrected chi connectivity index (χ1v) is 5.90. The second-order valence-electron chi connectivity index (χ2n) is 3.57. The zero-order valence-electron chi connectivity index (χ0n) is 10.2. The number of carbonyl (C=O) groups is 1. The average Bonchev–Trinajstić information content (AvgIpc) is 2.39. The number of alkyl halides is 3. The molecule has 6 heteroatoms. The summed E-state index contributed by atoms with van der Waals surface area (Å²) in [7, 11) is 0. The summed E-state index contributed by atoms with van der Waals surface area (Å²) >= 11 is 4.08. The van der Waals surface area contributed by atoms with Crippen LogP contribution in [0, 0.1) is 0 Å². The van der Waals surface area contributed by atoms with E-state index < -0.39 is 6.36 Å².